The summed E-state index contributed by atoms with van der Waals surface area (Å²) in [5, 5.41) is 3.37. The van der Waals surface area contributed by atoms with Crippen LogP contribution in [0.2, 0.25) is 0 Å². The topological polar surface area (TPSA) is 63.2 Å². The van der Waals surface area contributed by atoms with Crippen LogP contribution in [0.15, 0.2) is 36.9 Å². The van der Waals surface area contributed by atoms with E-state index in [9.17, 15) is 0 Å². The first kappa shape index (κ1) is 13.8. The van der Waals surface area contributed by atoms with E-state index >= 15 is 0 Å². The summed E-state index contributed by atoms with van der Waals surface area (Å²) in [6.07, 6.45) is 6.89. The second kappa shape index (κ2) is 6.49. The lowest BCUT2D eigenvalue weighted by atomic mass is 10.2. The first-order valence-corrected chi connectivity index (χ1v) is 7.14. The van der Waals surface area contributed by atoms with Crippen molar-refractivity contribution in [1.82, 2.24) is 20.3 Å². The van der Waals surface area contributed by atoms with Crippen LogP contribution in [0.25, 0.3) is 0 Å². The molecule has 21 heavy (non-hydrogen) atoms. The van der Waals surface area contributed by atoms with E-state index in [4.69, 9.17) is 4.74 Å². The van der Waals surface area contributed by atoms with Gasteiger partial charge in [-0.3, -0.25) is 4.98 Å². The van der Waals surface area contributed by atoms with Crippen LogP contribution in [0.3, 0.4) is 0 Å². The minimum atomic E-state index is 0.374. The summed E-state index contributed by atoms with van der Waals surface area (Å²) in [4.78, 5) is 15.0. The maximum Gasteiger partial charge on any atom is 0.257 e. The Labute approximate surface area is 124 Å². The van der Waals surface area contributed by atoms with Crippen molar-refractivity contribution in [2.45, 2.75) is 19.6 Å². The van der Waals surface area contributed by atoms with E-state index < -0.39 is 0 Å². The minimum Gasteiger partial charge on any atom is -0.470 e. The highest BCUT2D eigenvalue weighted by molar-refractivity contribution is 5.49. The van der Waals surface area contributed by atoms with Gasteiger partial charge in [0.15, 0.2) is 5.82 Å². The number of ether oxygens (including phenoxy) is 1. The third-order valence-electron chi connectivity index (χ3n) is 3.54. The number of nitrogens with zero attached hydrogens (tertiary/aromatic N) is 4. The number of rotatable bonds is 4. The van der Waals surface area contributed by atoms with Crippen LogP contribution in [-0.4, -0.2) is 40.6 Å². The Morgan fingerprint density at radius 2 is 2.05 bits per heavy atom. The molecule has 1 saturated heterocycles. The zero-order valence-corrected chi connectivity index (χ0v) is 12.1. The van der Waals surface area contributed by atoms with Gasteiger partial charge >= 0.3 is 0 Å². The van der Waals surface area contributed by atoms with Crippen LogP contribution in [0.5, 0.6) is 5.88 Å². The molecule has 1 N–H and O–H groups in total. The maximum absolute atomic E-state index is 5.86. The van der Waals surface area contributed by atoms with Gasteiger partial charge in [-0.25, -0.2) is 9.97 Å². The van der Waals surface area contributed by atoms with Gasteiger partial charge in [0, 0.05) is 50.5 Å². The van der Waals surface area contributed by atoms with Crippen LogP contribution in [0, 0.1) is 0 Å². The molecule has 3 heterocycles. The van der Waals surface area contributed by atoms with Gasteiger partial charge in [0.05, 0.1) is 0 Å². The predicted molar refractivity (Wildman–Crippen MR) is 80.3 cm³/mol. The van der Waals surface area contributed by atoms with Crippen molar-refractivity contribution < 1.29 is 4.74 Å². The molecule has 0 bridgehead atoms. The van der Waals surface area contributed by atoms with Crippen LogP contribution < -0.4 is 15.0 Å². The molecular weight excluding hydrogens is 266 g/mol. The van der Waals surface area contributed by atoms with Crippen LogP contribution in [0.1, 0.15) is 12.5 Å². The van der Waals surface area contributed by atoms with E-state index in [1.54, 1.807) is 24.8 Å². The Bertz CT molecular complexity index is 577. The van der Waals surface area contributed by atoms with Gasteiger partial charge in [0.1, 0.15) is 6.61 Å². The Hall–Kier alpha value is -2.21. The number of piperazine rings is 1. The number of aromatic nitrogens is 3. The molecule has 6 heteroatoms. The monoisotopic (exact) mass is 285 g/mol. The molecule has 0 spiro atoms. The standard InChI is InChI=1S/C15H19N5O/c1-12-10-17-8-9-20(12)14-15(19-7-6-18-14)21-11-13-2-4-16-5-3-13/h2-7,12,17H,8-11H2,1H3. The number of hydrogen-bond donors (Lipinski definition) is 1. The second-order valence-electron chi connectivity index (χ2n) is 5.08. The van der Waals surface area contributed by atoms with Gasteiger partial charge in [-0.05, 0) is 24.6 Å². The van der Waals surface area contributed by atoms with E-state index in [-0.39, 0.29) is 0 Å². The molecule has 1 aliphatic rings. The molecule has 0 aliphatic carbocycles. The summed E-state index contributed by atoms with van der Waals surface area (Å²) in [5.41, 5.74) is 1.06. The molecule has 0 amide bonds. The number of hydrogen-bond acceptors (Lipinski definition) is 6. The maximum atomic E-state index is 5.86. The number of nitrogens with one attached hydrogen (secondary N) is 1. The summed E-state index contributed by atoms with van der Waals surface area (Å²) < 4.78 is 5.86. The van der Waals surface area contributed by atoms with Crippen molar-refractivity contribution >= 4 is 5.82 Å². The molecule has 110 valence electrons. The van der Waals surface area contributed by atoms with Crippen molar-refractivity contribution in [3.8, 4) is 5.88 Å². The number of anilines is 1. The molecule has 1 fully saturated rings. The number of pyridine rings is 1. The summed E-state index contributed by atoms with van der Waals surface area (Å²) in [6, 6.07) is 4.24. The average molecular weight is 285 g/mol. The zero-order chi connectivity index (χ0) is 14.5. The molecule has 1 atom stereocenters. The molecule has 1 unspecified atom stereocenters. The minimum absolute atomic E-state index is 0.374. The van der Waals surface area contributed by atoms with Gasteiger partial charge in [-0.2, -0.15) is 0 Å². The van der Waals surface area contributed by atoms with Crippen molar-refractivity contribution in [1.29, 1.82) is 0 Å². The molecule has 1 aliphatic heterocycles. The van der Waals surface area contributed by atoms with Crippen molar-refractivity contribution in [3.63, 3.8) is 0 Å². The molecule has 2 aromatic rings. The molecule has 3 rings (SSSR count). The molecule has 0 radical (unpaired) electrons. The second-order valence-corrected chi connectivity index (χ2v) is 5.08. The first-order chi connectivity index (χ1) is 10.3. The van der Waals surface area contributed by atoms with Gasteiger partial charge in [-0.15, -0.1) is 0 Å². The molecule has 0 saturated carbocycles. The van der Waals surface area contributed by atoms with Crippen molar-refractivity contribution in [2.75, 3.05) is 24.5 Å². The largest absolute Gasteiger partial charge is 0.470 e. The SMILES string of the molecule is CC1CNCCN1c1nccnc1OCc1ccncc1. The molecule has 6 nitrogen and oxygen atoms in total. The van der Waals surface area contributed by atoms with Gasteiger partial charge in [0.2, 0.25) is 0 Å². The normalized spacial score (nSPS) is 18.5. The van der Waals surface area contributed by atoms with Gasteiger partial charge in [-0.1, -0.05) is 0 Å². The van der Waals surface area contributed by atoms with Crippen LogP contribution in [-0.2, 0) is 6.61 Å². The summed E-state index contributed by atoms with van der Waals surface area (Å²) >= 11 is 0. The van der Waals surface area contributed by atoms with E-state index in [1.807, 2.05) is 12.1 Å². The Morgan fingerprint density at radius 3 is 2.86 bits per heavy atom. The lowest BCUT2D eigenvalue weighted by Crippen LogP contribution is -2.50. The average Bonchev–Trinajstić information content (AvgIpc) is 2.55. The molecule has 0 aromatic carbocycles. The zero-order valence-electron chi connectivity index (χ0n) is 12.1. The lowest BCUT2D eigenvalue weighted by molar-refractivity contribution is 0.291. The summed E-state index contributed by atoms with van der Waals surface area (Å²) in [6.45, 7) is 5.44. The van der Waals surface area contributed by atoms with Crippen LogP contribution >= 0.6 is 0 Å². The quantitative estimate of drug-likeness (QED) is 0.912. The molecular formula is C15H19N5O. The van der Waals surface area contributed by atoms with E-state index in [0.29, 0.717) is 18.5 Å². The van der Waals surface area contributed by atoms with E-state index in [2.05, 4.69) is 32.1 Å². The predicted octanol–water partition coefficient (Wildman–Crippen LogP) is 1.25. The highest BCUT2D eigenvalue weighted by Crippen LogP contribution is 2.25. The fraction of sp³-hybridized carbons (Fsp3) is 0.400. The first-order valence-electron chi connectivity index (χ1n) is 7.14. The van der Waals surface area contributed by atoms with Crippen molar-refractivity contribution in [2.24, 2.45) is 0 Å². The smallest absolute Gasteiger partial charge is 0.257 e. The fourth-order valence-electron chi connectivity index (χ4n) is 2.40. The Kier molecular flexibility index (Phi) is 4.25. The van der Waals surface area contributed by atoms with Crippen LogP contribution in [0.4, 0.5) is 5.82 Å². The Morgan fingerprint density at radius 1 is 1.24 bits per heavy atom. The van der Waals surface area contributed by atoms with Crippen molar-refractivity contribution in [3.05, 3.63) is 42.5 Å². The summed E-state index contributed by atoms with van der Waals surface area (Å²) in [5.74, 6) is 1.41. The van der Waals surface area contributed by atoms with E-state index in [1.165, 1.54) is 0 Å². The third kappa shape index (κ3) is 3.28. The lowest BCUT2D eigenvalue weighted by Gasteiger charge is -2.35. The highest BCUT2D eigenvalue weighted by atomic mass is 16.5. The molecule has 2 aromatic heterocycles. The van der Waals surface area contributed by atoms with E-state index in [0.717, 1.165) is 31.0 Å². The highest BCUT2D eigenvalue weighted by Gasteiger charge is 2.23. The fourth-order valence-corrected chi connectivity index (χ4v) is 2.40. The van der Waals surface area contributed by atoms with Gasteiger partial charge < -0.3 is 15.0 Å². The Balaban J connectivity index is 1.76. The third-order valence-corrected chi connectivity index (χ3v) is 3.54. The summed E-state index contributed by atoms with van der Waals surface area (Å²) in [7, 11) is 0. The van der Waals surface area contributed by atoms with Gasteiger partial charge in [0.25, 0.3) is 5.88 Å².